The highest BCUT2D eigenvalue weighted by Crippen LogP contribution is 2.18. The first-order chi connectivity index (χ1) is 9.06. The molecule has 0 fully saturated rings. The zero-order valence-electron chi connectivity index (χ0n) is 12.1. The summed E-state index contributed by atoms with van der Waals surface area (Å²) >= 11 is 0. The standard InChI is InChI=1S/C15H23NO3/c1-5-14(15(17)16-10-11(2)3)19-13-8-6-12(18-4)7-9-13/h6-9,11,14H,5,10H2,1-4H3,(H,16,17)/t14-/m1/s1. The lowest BCUT2D eigenvalue weighted by Gasteiger charge is -2.18. The van der Waals surface area contributed by atoms with Gasteiger partial charge in [-0.1, -0.05) is 20.8 Å². The number of carbonyl (C=O) groups is 1. The summed E-state index contributed by atoms with van der Waals surface area (Å²) in [7, 11) is 1.62. The second kappa shape index (κ2) is 7.67. The number of hydrogen-bond donors (Lipinski definition) is 1. The molecule has 0 saturated heterocycles. The van der Waals surface area contributed by atoms with Gasteiger partial charge in [0, 0.05) is 6.54 Å². The van der Waals surface area contributed by atoms with E-state index in [4.69, 9.17) is 9.47 Å². The van der Waals surface area contributed by atoms with E-state index in [0.717, 1.165) is 5.75 Å². The number of hydrogen-bond acceptors (Lipinski definition) is 3. The van der Waals surface area contributed by atoms with Crippen LogP contribution in [-0.2, 0) is 4.79 Å². The Morgan fingerprint density at radius 3 is 2.26 bits per heavy atom. The highest BCUT2D eigenvalue weighted by molar-refractivity contribution is 5.81. The van der Waals surface area contributed by atoms with Crippen molar-refractivity contribution in [2.45, 2.75) is 33.3 Å². The van der Waals surface area contributed by atoms with Crippen molar-refractivity contribution in [1.29, 1.82) is 0 Å². The first-order valence-electron chi connectivity index (χ1n) is 6.65. The molecule has 1 aromatic carbocycles. The summed E-state index contributed by atoms with van der Waals surface area (Å²) in [4.78, 5) is 11.9. The lowest BCUT2D eigenvalue weighted by molar-refractivity contribution is -0.128. The summed E-state index contributed by atoms with van der Waals surface area (Å²) in [6, 6.07) is 7.23. The molecule has 0 radical (unpaired) electrons. The van der Waals surface area contributed by atoms with Crippen molar-refractivity contribution in [1.82, 2.24) is 5.32 Å². The SMILES string of the molecule is CC[C@@H](Oc1ccc(OC)cc1)C(=O)NCC(C)C. The van der Waals surface area contributed by atoms with E-state index < -0.39 is 6.10 Å². The molecular weight excluding hydrogens is 242 g/mol. The molecule has 0 unspecified atom stereocenters. The van der Waals surface area contributed by atoms with Crippen LogP contribution in [0, 0.1) is 5.92 Å². The number of rotatable bonds is 7. The van der Waals surface area contributed by atoms with Crippen LogP contribution in [0.15, 0.2) is 24.3 Å². The van der Waals surface area contributed by atoms with Gasteiger partial charge in [-0.3, -0.25) is 4.79 Å². The minimum Gasteiger partial charge on any atom is -0.497 e. The summed E-state index contributed by atoms with van der Waals surface area (Å²) in [6.45, 7) is 6.72. The number of ether oxygens (including phenoxy) is 2. The van der Waals surface area contributed by atoms with Gasteiger partial charge in [-0.2, -0.15) is 0 Å². The van der Waals surface area contributed by atoms with Crippen LogP contribution >= 0.6 is 0 Å². The molecule has 0 aliphatic carbocycles. The van der Waals surface area contributed by atoms with Gasteiger partial charge < -0.3 is 14.8 Å². The Morgan fingerprint density at radius 2 is 1.79 bits per heavy atom. The molecule has 0 spiro atoms. The van der Waals surface area contributed by atoms with E-state index in [1.54, 1.807) is 19.2 Å². The Bertz CT molecular complexity index is 387. The quantitative estimate of drug-likeness (QED) is 0.824. The van der Waals surface area contributed by atoms with Crippen LogP contribution in [-0.4, -0.2) is 25.7 Å². The lowest BCUT2D eigenvalue weighted by Crippen LogP contribution is -2.39. The molecule has 4 heteroatoms. The topological polar surface area (TPSA) is 47.6 Å². The lowest BCUT2D eigenvalue weighted by atomic mass is 10.2. The Labute approximate surface area is 115 Å². The van der Waals surface area contributed by atoms with E-state index in [1.165, 1.54) is 0 Å². The molecule has 1 aromatic rings. The Morgan fingerprint density at radius 1 is 1.21 bits per heavy atom. The number of methoxy groups -OCH3 is 1. The fourth-order valence-electron chi connectivity index (χ4n) is 1.56. The third kappa shape index (κ3) is 5.20. The van der Waals surface area contributed by atoms with Crippen molar-refractivity contribution in [3.8, 4) is 11.5 Å². The molecule has 0 bridgehead atoms. The Kier molecular flexibility index (Phi) is 6.19. The largest absolute Gasteiger partial charge is 0.497 e. The molecule has 19 heavy (non-hydrogen) atoms. The van der Waals surface area contributed by atoms with Crippen LogP contribution in [0.4, 0.5) is 0 Å². The van der Waals surface area contributed by atoms with E-state index in [-0.39, 0.29) is 5.91 Å². The highest BCUT2D eigenvalue weighted by atomic mass is 16.5. The molecule has 0 aromatic heterocycles. The maximum absolute atomic E-state index is 11.9. The molecule has 106 valence electrons. The van der Waals surface area contributed by atoms with Crippen LogP contribution in [0.25, 0.3) is 0 Å². The normalized spacial score (nSPS) is 12.1. The van der Waals surface area contributed by atoms with E-state index in [9.17, 15) is 4.79 Å². The second-order valence-corrected chi connectivity index (χ2v) is 4.83. The van der Waals surface area contributed by atoms with Crippen LogP contribution < -0.4 is 14.8 Å². The molecule has 0 aliphatic rings. The van der Waals surface area contributed by atoms with Crippen molar-refractivity contribution < 1.29 is 14.3 Å². The predicted molar refractivity (Wildman–Crippen MR) is 75.5 cm³/mol. The average Bonchev–Trinajstić information content (AvgIpc) is 2.42. The van der Waals surface area contributed by atoms with Crippen molar-refractivity contribution >= 4 is 5.91 Å². The Hall–Kier alpha value is -1.71. The fourth-order valence-corrected chi connectivity index (χ4v) is 1.56. The summed E-state index contributed by atoms with van der Waals surface area (Å²) in [5, 5.41) is 2.89. The van der Waals surface area contributed by atoms with Crippen LogP contribution in [0.2, 0.25) is 0 Å². The Balaban J connectivity index is 2.57. The van der Waals surface area contributed by atoms with Gasteiger partial charge in [-0.05, 0) is 36.6 Å². The summed E-state index contributed by atoms with van der Waals surface area (Å²) < 4.78 is 10.8. The van der Waals surface area contributed by atoms with Gasteiger partial charge in [0.05, 0.1) is 7.11 Å². The zero-order valence-corrected chi connectivity index (χ0v) is 12.1. The van der Waals surface area contributed by atoms with Crippen molar-refractivity contribution in [2.75, 3.05) is 13.7 Å². The van der Waals surface area contributed by atoms with Crippen LogP contribution in [0.5, 0.6) is 11.5 Å². The first-order valence-corrected chi connectivity index (χ1v) is 6.65. The first kappa shape index (κ1) is 15.3. The van der Waals surface area contributed by atoms with Gasteiger partial charge in [0.2, 0.25) is 0 Å². The average molecular weight is 265 g/mol. The van der Waals surface area contributed by atoms with Gasteiger partial charge in [-0.15, -0.1) is 0 Å². The molecule has 0 heterocycles. The highest BCUT2D eigenvalue weighted by Gasteiger charge is 2.18. The summed E-state index contributed by atoms with van der Waals surface area (Å²) in [5.41, 5.74) is 0. The molecule has 4 nitrogen and oxygen atoms in total. The van der Waals surface area contributed by atoms with E-state index >= 15 is 0 Å². The predicted octanol–water partition coefficient (Wildman–Crippen LogP) is 2.62. The molecule has 1 atom stereocenters. The van der Waals surface area contributed by atoms with Crippen molar-refractivity contribution in [2.24, 2.45) is 5.92 Å². The maximum atomic E-state index is 11.9. The zero-order chi connectivity index (χ0) is 14.3. The summed E-state index contributed by atoms with van der Waals surface area (Å²) in [6.07, 6.45) is 0.183. The second-order valence-electron chi connectivity index (χ2n) is 4.83. The third-order valence-electron chi connectivity index (χ3n) is 2.69. The van der Waals surface area contributed by atoms with E-state index in [1.807, 2.05) is 19.1 Å². The number of nitrogens with one attached hydrogen (secondary N) is 1. The molecule has 0 saturated carbocycles. The molecule has 1 rings (SSSR count). The van der Waals surface area contributed by atoms with Gasteiger partial charge in [0.25, 0.3) is 5.91 Å². The monoisotopic (exact) mass is 265 g/mol. The van der Waals surface area contributed by atoms with Crippen LogP contribution in [0.3, 0.4) is 0 Å². The number of carbonyl (C=O) groups excluding carboxylic acids is 1. The molecule has 1 amide bonds. The smallest absolute Gasteiger partial charge is 0.261 e. The van der Waals surface area contributed by atoms with Gasteiger partial charge in [-0.25, -0.2) is 0 Å². The summed E-state index contributed by atoms with van der Waals surface area (Å²) in [5.74, 6) is 1.81. The molecular formula is C15H23NO3. The maximum Gasteiger partial charge on any atom is 0.261 e. The van der Waals surface area contributed by atoms with Gasteiger partial charge in [0.15, 0.2) is 6.10 Å². The van der Waals surface area contributed by atoms with Gasteiger partial charge in [0.1, 0.15) is 11.5 Å². The van der Waals surface area contributed by atoms with Crippen LogP contribution in [0.1, 0.15) is 27.2 Å². The molecule has 0 aliphatic heterocycles. The molecule has 1 N–H and O–H groups in total. The van der Waals surface area contributed by atoms with Crippen molar-refractivity contribution in [3.05, 3.63) is 24.3 Å². The fraction of sp³-hybridized carbons (Fsp3) is 0.533. The van der Waals surface area contributed by atoms with E-state index in [2.05, 4.69) is 19.2 Å². The van der Waals surface area contributed by atoms with E-state index in [0.29, 0.717) is 24.6 Å². The minimum absolute atomic E-state index is 0.0629. The van der Waals surface area contributed by atoms with Crippen molar-refractivity contribution in [3.63, 3.8) is 0 Å². The number of benzene rings is 1. The van der Waals surface area contributed by atoms with Gasteiger partial charge >= 0.3 is 0 Å². The number of amides is 1. The third-order valence-corrected chi connectivity index (χ3v) is 2.69. The minimum atomic E-state index is -0.452.